The van der Waals surface area contributed by atoms with Crippen LogP contribution in [-0.4, -0.2) is 27.1 Å². The Balaban J connectivity index is 1.80. The largest absolute Gasteiger partial charge is 0.478 e. The van der Waals surface area contributed by atoms with Crippen LogP contribution in [0.4, 0.5) is 5.95 Å². The molecule has 5 heteroatoms. The lowest BCUT2D eigenvalue weighted by Crippen LogP contribution is -2.27. The molecule has 2 saturated carbocycles. The van der Waals surface area contributed by atoms with Crippen molar-refractivity contribution < 1.29 is 9.90 Å². The van der Waals surface area contributed by atoms with Gasteiger partial charge in [-0.2, -0.15) is 0 Å². The molecule has 3 rings (SSSR count). The van der Waals surface area contributed by atoms with E-state index in [0.29, 0.717) is 17.7 Å². The molecule has 0 unspecified atom stereocenters. The molecule has 20 heavy (non-hydrogen) atoms. The van der Waals surface area contributed by atoms with Gasteiger partial charge in [-0.1, -0.05) is 20.3 Å². The van der Waals surface area contributed by atoms with Gasteiger partial charge >= 0.3 is 5.97 Å². The first kappa shape index (κ1) is 13.3. The van der Waals surface area contributed by atoms with E-state index >= 15 is 0 Å². The van der Waals surface area contributed by atoms with Crippen LogP contribution in [0.1, 0.15) is 61.5 Å². The monoisotopic (exact) mass is 275 g/mol. The normalized spacial score (nSPS) is 28.1. The van der Waals surface area contributed by atoms with E-state index in [1.165, 1.54) is 31.9 Å². The van der Waals surface area contributed by atoms with Gasteiger partial charge in [-0.3, -0.25) is 0 Å². The lowest BCUT2D eigenvalue weighted by Gasteiger charge is -2.23. The van der Waals surface area contributed by atoms with E-state index in [0.717, 1.165) is 11.8 Å². The van der Waals surface area contributed by atoms with Crippen molar-refractivity contribution in [1.82, 2.24) is 9.97 Å². The number of nitrogens with one attached hydrogen (secondary N) is 1. The third-order valence-corrected chi connectivity index (χ3v) is 4.65. The van der Waals surface area contributed by atoms with E-state index in [1.807, 2.05) is 13.8 Å². The summed E-state index contributed by atoms with van der Waals surface area (Å²) < 4.78 is 0. The molecule has 2 fully saturated rings. The Hall–Kier alpha value is -1.65. The summed E-state index contributed by atoms with van der Waals surface area (Å²) in [7, 11) is 0. The third-order valence-electron chi connectivity index (χ3n) is 4.65. The van der Waals surface area contributed by atoms with Gasteiger partial charge in [0.1, 0.15) is 0 Å². The number of carboxylic acids is 1. The van der Waals surface area contributed by atoms with Crippen molar-refractivity contribution in [2.45, 2.75) is 51.5 Å². The maximum Gasteiger partial charge on any atom is 0.339 e. The number of nitrogens with zero attached hydrogens (tertiary/aromatic N) is 2. The highest BCUT2D eigenvalue weighted by Crippen LogP contribution is 2.45. The summed E-state index contributed by atoms with van der Waals surface area (Å²) >= 11 is 0. The van der Waals surface area contributed by atoms with Crippen LogP contribution in [0, 0.1) is 11.8 Å². The first-order valence-electron chi connectivity index (χ1n) is 7.41. The van der Waals surface area contributed by atoms with Crippen molar-refractivity contribution >= 4 is 11.9 Å². The van der Waals surface area contributed by atoms with Gasteiger partial charge in [-0.05, 0) is 37.0 Å². The molecule has 0 saturated heterocycles. The van der Waals surface area contributed by atoms with Crippen LogP contribution in [0.2, 0.25) is 0 Å². The standard InChI is InChI=1S/C15H21N3O2/c1-8(2)13-11(14(19)20)7-16-15(18-13)17-12-6-9-3-4-10(12)5-9/h7-10,12H,3-6H2,1-2H3,(H,19,20)(H,16,17,18)/t9-,10+,12+/m0/s1. The van der Waals surface area contributed by atoms with Crippen molar-refractivity contribution in [3.63, 3.8) is 0 Å². The first-order valence-corrected chi connectivity index (χ1v) is 7.41. The topological polar surface area (TPSA) is 75.1 Å². The fraction of sp³-hybridized carbons (Fsp3) is 0.667. The molecule has 2 bridgehead atoms. The quantitative estimate of drug-likeness (QED) is 0.883. The van der Waals surface area contributed by atoms with Gasteiger partial charge in [0, 0.05) is 12.2 Å². The Kier molecular flexibility index (Phi) is 3.36. The molecule has 0 aliphatic heterocycles. The molecule has 0 radical (unpaired) electrons. The first-order chi connectivity index (χ1) is 9.54. The van der Waals surface area contributed by atoms with Gasteiger partial charge < -0.3 is 10.4 Å². The molecule has 1 aromatic heterocycles. The second-order valence-electron chi connectivity index (χ2n) is 6.38. The zero-order valence-electron chi connectivity index (χ0n) is 12.0. The van der Waals surface area contributed by atoms with E-state index in [9.17, 15) is 9.90 Å². The van der Waals surface area contributed by atoms with Crippen LogP contribution in [-0.2, 0) is 0 Å². The van der Waals surface area contributed by atoms with Crippen LogP contribution < -0.4 is 5.32 Å². The zero-order chi connectivity index (χ0) is 14.3. The fourth-order valence-electron chi connectivity index (χ4n) is 3.66. The lowest BCUT2D eigenvalue weighted by atomic mass is 9.95. The highest BCUT2D eigenvalue weighted by atomic mass is 16.4. The molecule has 5 nitrogen and oxygen atoms in total. The van der Waals surface area contributed by atoms with Crippen LogP contribution >= 0.6 is 0 Å². The summed E-state index contributed by atoms with van der Waals surface area (Å²) in [5.74, 6) is 1.30. The number of aromatic carboxylic acids is 1. The third kappa shape index (κ3) is 2.37. The van der Waals surface area contributed by atoms with E-state index in [4.69, 9.17) is 0 Å². The van der Waals surface area contributed by atoms with Gasteiger partial charge in [-0.15, -0.1) is 0 Å². The van der Waals surface area contributed by atoms with Crippen LogP contribution in [0.15, 0.2) is 6.20 Å². The minimum absolute atomic E-state index is 0.0738. The SMILES string of the molecule is CC(C)c1nc(N[C@@H]2C[C@H]3CC[C@@H]2C3)ncc1C(=O)O. The Bertz CT molecular complexity index is 530. The summed E-state index contributed by atoms with van der Waals surface area (Å²) in [4.78, 5) is 19.8. The molecule has 0 aromatic carbocycles. The van der Waals surface area contributed by atoms with Crippen molar-refractivity contribution in [3.05, 3.63) is 17.5 Å². The summed E-state index contributed by atoms with van der Waals surface area (Å²) in [6.07, 6.45) is 6.61. The Labute approximate surface area is 118 Å². The molecule has 1 aromatic rings. The number of hydrogen-bond donors (Lipinski definition) is 2. The fourth-order valence-corrected chi connectivity index (χ4v) is 3.66. The molecule has 3 atom stereocenters. The number of aromatic nitrogens is 2. The summed E-state index contributed by atoms with van der Waals surface area (Å²) in [6.45, 7) is 3.91. The van der Waals surface area contributed by atoms with Crippen LogP contribution in [0.5, 0.6) is 0 Å². The predicted octanol–water partition coefficient (Wildman–Crippen LogP) is 2.90. The Morgan fingerprint density at radius 2 is 2.20 bits per heavy atom. The number of hydrogen-bond acceptors (Lipinski definition) is 4. The molecule has 2 aliphatic rings. The maximum atomic E-state index is 11.2. The van der Waals surface area contributed by atoms with Gasteiger partial charge in [0.25, 0.3) is 0 Å². The van der Waals surface area contributed by atoms with Gasteiger partial charge in [-0.25, -0.2) is 14.8 Å². The number of fused-ring (bicyclic) bond motifs is 2. The second kappa shape index (κ2) is 5.04. The molecular weight excluding hydrogens is 254 g/mol. The minimum Gasteiger partial charge on any atom is -0.478 e. The van der Waals surface area contributed by atoms with Crippen LogP contribution in [0.3, 0.4) is 0 Å². The number of anilines is 1. The van der Waals surface area contributed by atoms with Gasteiger partial charge in [0.15, 0.2) is 0 Å². The van der Waals surface area contributed by atoms with Crippen molar-refractivity contribution in [2.24, 2.45) is 11.8 Å². The van der Waals surface area contributed by atoms with E-state index in [-0.39, 0.29) is 11.5 Å². The molecule has 2 aliphatic carbocycles. The molecule has 2 N–H and O–H groups in total. The van der Waals surface area contributed by atoms with Crippen molar-refractivity contribution in [2.75, 3.05) is 5.32 Å². The number of carbonyl (C=O) groups is 1. The van der Waals surface area contributed by atoms with E-state index in [1.54, 1.807) is 0 Å². The van der Waals surface area contributed by atoms with E-state index < -0.39 is 5.97 Å². The minimum atomic E-state index is -0.958. The average Bonchev–Trinajstić information content (AvgIpc) is 3.00. The van der Waals surface area contributed by atoms with Crippen molar-refractivity contribution in [1.29, 1.82) is 0 Å². The number of rotatable bonds is 4. The van der Waals surface area contributed by atoms with Gasteiger partial charge in [0.05, 0.1) is 11.3 Å². The van der Waals surface area contributed by atoms with Crippen LogP contribution in [0.25, 0.3) is 0 Å². The molecule has 1 heterocycles. The molecular formula is C15H21N3O2. The Morgan fingerprint density at radius 3 is 2.75 bits per heavy atom. The smallest absolute Gasteiger partial charge is 0.339 e. The predicted molar refractivity (Wildman–Crippen MR) is 75.9 cm³/mol. The number of carboxylic acid groups (broad SMARTS) is 1. The highest BCUT2D eigenvalue weighted by Gasteiger charge is 2.39. The Morgan fingerprint density at radius 1 is 1.40 bits per heavy atom. The summed E-state index contributed by atoms with van der Waals surface area (Å²) in [5.41, 5.74) is 0.816. The second-order valence-corrected chi connectivity index (χ2v) is 6.38. The zero-order valence-corrected chi connectivity index (χ0v) is 12.0. The van der Waals surface area contributed by atoms with Gasteiger partial charge in [0.2, 0.25) is 5.95 Å². The molecule has 0 amide bonds. The van der Waals surface area contributed by atoms with Crippen molar-refractivity contribution in [3.8, 4) is 0 Å². The summed E-state index contributed by atoms with van der Waals surface area (Å²) in [5, 5.41) is 12.6. The van der Waals surface area contributed by atoms with E-state index in [2.05, 4.69) is 15.3 Å². The molecule has 108 valence electrons. The lowest BCUT2D eigenvalue weighted by molar-refractivity contribution is 0.0694. The maximum absolute atomic E-state index is 11.2. The molecule has 0 spiro atoms. The highest BCUT2D eigenvalue weighted by molar-refractivity contribution is 5.88. The summed E-state index contributed by atoms with van der Waals surface area (Å²) in [6, 6.07) is 0.462. The average molecular weight is 275 g/mol.